The third-order valence-electron chi connectivity index (χ3n) is 4.02. The number of rotatable bonds is 5. The van der Waals surface area contributed by atoms with E-state index >= 15 is 0 Å². The van der Waals surface area contributed by atoms with Crippen LogP contribution in [0.4, 0.5) is 0 Å². The minimum atomic E-state index is -1.71. The molecule has 0 unspecified atom stereocenters. The summed E-state index contributed by atoms with van der Waals surface area (Å²) in [4.78, 5) is 50.0. The zero-order valence-corrected chi connectivity index (χ0v) is 22.9. The average Bonchev–Trinajstić information content (AvgIpc) is 2.60. The van der Waals surface area contributed by atoms with E-state index in [1.807, 2.05) is 0 Å². The number of pyridine rings is 1. The molecule has 1 aromatic carbocycles. The molecule has 2 heterocycles. The zero-order chi connectivity index (χ0) is 19.9. The fourth-order valence-electron chi connectivity index (χ4n) is 2.90. The van der Waals surface area contributed by atoms with Gasteiger partial charge in [-0.15, -0.1) is 0 Å². The van der Waals surface area contributed by atoms with E-state index in [-0.39, 0.29) is 123 Å². The predicted octanol–water partition coefficient (Wildman–Crippen LogP) is -10.6. The number of aryl methyl sites for hydroxylation is 1. The van der Waals surface area contributed by atoms with Crippen molar-refractivity contribution in [1.82, 2.24) is 4.98 Å². The number of hydrogen-bond acceptors (Lipinski definition) is 9. The van der Waals surface area contributed by atoms with Gasteiger partial charge in [0.25, 0.3) is 0 Å². The number of carbonyl (C=O) groups excluding carboxylic acids is 3. The smallest absolute Gasteiger partial charge is 0.545 e. The Morgan fingerprint density at radius 1 is 0.933 bits per heavy atom. The van der Waals surface area contributed by atoms with Crippen molar-refractivity contribution in [3.63, 3.8) is 0 Å². The molecule has 0 spiro atoms. The van der Waals surface area contributed by atoms with Gasteiger partial charge in [0.05, 0.1) is 28.5 Å². The molecule has 138 valence electrons. The van der Waals surface area contributed by atoms with Crippen LogP contribution in [0.5, 0.6) is 0 Å². The van der Waals surface area contributed by atoms with Crippen LogP contribution in [0.25, 0.3) is 21.9 Å². The molecule has 0 radical (unpaired) electrons. The van der Waals surface area contributed by atoms with Gasteiger partial charge in [-0.1, -0.05) is 13.3 Å². The third-order valence-corrected chi connectivity index (χ3v) is 4.02. The Bertz CT molecular complexity index is 1210. The van der Waals surface area contributed by atoms with Crippen molar-refractivity contribution in [2.45, 2.75) is 19.8 Å². The maximum absolute atomic E-state index is 12.3. The molecular weight excluding hydrogens is 427 g/mol. The number of benzene rings is 1. The molecule has 3 aromatic rings. The van der Waals surface area contributed by atoms with Crippen molar-refractivity contribution < 1.29 is 123 Å². The topological polar surface area (TPSA) is 163 Å². The third kappa shape index (κ3) is 5.53. The van der Waals surface area contributed by atoms with E-state index in [0.717, 1.165) is 18.2 Å². The first kappa shape index (κ1) is 29.2. The van der Waals surface area contributed by atoms with Gasteiger partial charge in [-0.3, -0.25) is 4.79 Å². The first-order chi connectivity index (χ1) is 12.7. The number of carboxylic acid groups (broad SMARTS) is 3. The van der Waals surface area contributed by atoms with E-state index in [9.17, 15) is 34.5 Å². The predicted molar refractivity (Wildman–Crippen MR) is 84.8 cm³/mol. The van der Waals surface area contributed by atoms with Crippen LogP contribution < -0.4 is 109 Å². The summed E-state index contributed by atoms with van der Waals surface area (Å²) in [7, 11) is 0. The van der Waals surface area contributed by atoms with Gasteiger partial charge in [-0.05, 0) is 18.6 Å². The maximum Gasteiger partial charge on any atom is 1.00 e. The molecule has 0 aliphatic carbocycles. The molecule has 30 heavy (non-hydrogen) atoms. The molecule has 0 saturated carbocycles. The summed E-state index contributed by atoms with van der Waals surface area (Å²) in [5.74, 6) is -5.78. The van der Waals surface area contributed by atoms with Crippen molar-refractivity contribution in [2.75, 3.05) is 0 Å². The molecule has 2 aromatic heterocycles. The number of hydrogen-bond donors (Lipinski definition) is 0. The van der Waals surface area contributed by atoms with Crippen molar-refractivity contribution in [2.24, 2.45) is 0 Å². The van der Waals surface area contributed by atoms with Crippen LogP contribution in [-0.4, -0.2) is 22.9 Å². The molecule has 0 fully saturated rings. The summed E-state index contributed by atoms with van der Waals surface area (Å²) in [6.45, 7) is 1.77. The summed E-state index contributed by atoms with van der Waals surface area (Å²) in [5.41, 5.74) is -1.82. The second-order valence-corrected chi connectivity index (χ2v) is 5.77. The van der Waals surface area contributed by atoms with E-state index in [0.29, 0.717) is 6.42 Å². The number of fused-ring (bicyclic) bond motifs is 2. The van der Waals surface area contributed by atoms with E-state index < -0.39 is 40.4 Å². The van der Waals surface area contributed by atoms with E-state index in [4.69, 9.17) is 4.42 Å². The molecule has 0 N–H and O–H groups in total. The maximum atomic E-state index is 12.3. The average molecular weight is 437 g/mol. The normalized spacial score (nSPS) is 9.90. The number of carbonyl (C=O) groups is 3. The second kappa shape index (κ2) is 11.8. The molecular formula is C18H10NNa3O8. The number of nitrogens with zero attached hydrogens (tertiary/aromatic N) is 1. The number of aromatic nitrogens is 1. The Hall–Kier alpha value is -0.750. The summed E-state index contributed by atoms with van der Waals surface area (Å²) < 4.78 is 5.27. The van der Waals surface area contributed by atoms with Crippen LogP contribution in [-0.2, 0) is 6.42 Å². The van der Waals surface area contributed by atoms with Gasteiger partial charge in [0, 0.05) is 22.6 Å². The van der Waals surface area contributed by atoms with E-state index in [2.05, 4.69) is 4.98 Å². The van der Waals surface area contributed by atoms with Crippen molar-refractivity contribution in [3.8, 4) is 0 Å². The molecule has 0 aliphatic rings. The van der Waals surface area contributed by atoms with Crippen molar-refractivity contribution in [3.05, 3.63) is 51.0 Å². The monoisotopic (exact) mass is 437 g/mol. The van der Waals surface area contributed by atoms with E-state index in [1.54, 1.807) is 6.92 Å². The molecule has 0 saturated heterocycles. The fraction of sp³-hybridized carbons (Fsp3) is 0.167. The van der Waals surface area contributed by atoms with E-state index in [1.165, 1.54) is 0 Å². The molecule has 0 aliphatic heterocycles. The van der Waals surface area contributed by atoms with Crippen LogP contribution in [0.3, 0.4) is 0 Å². The molecule has 0 amide bonds. The summed E-state index contributed by atoms with van der Waals surface area (Å²) in [6.07, 6.45) is 0.703. The van der Waals surface area contributed by atoms with Gasteiger partial charge in [0.1, 0.15) is 11.6 Å². The second-order valence-electron chi connectivity index (χ2n) is 5.77. The Balaban J connectivity index is 0.00000280. The van der Waals surface area contributed by atoms with Crippen molar-refractivity contribution >= 4 is 39.8 Å². The number of carboxylic acids is 3. The number of aromatic carboxylic acids is 3. The van der Waals surface area contributed by atoms with Crippen molar-refractivity contribution in [1.29, 1.82) is 0 Å². The van der Waals surface area contributed by atoms with Gasteiger partial charge in [0.2, 0.25) is 0 Å². The summed E-state index contributed by atoms with van der Waals surface area (Å²) in [6, 6.07) is 2.67. The fourth-order valence-corrected chi connectivity index (χ4v) is 2.90. The molecule has 0 bridgehead atoms. The Labute approximate surface area is 235 Å². The Morgan fingerprint density at radius 3 is 2.07 bits per heavy atom. The van der Waals surface area contributed by atoms with Gasteiger partial charge < -0.3 is 34.1 Å². The van der Waals surface area contributed by atoms with Crippen LogP contribution >= 0.6 is 0 Å². The minimum absolute atomic E-state index is 0. The van der Waals surface area contributed by atoms with Crippen LogP contribution in [0.2, 0.25) is 0 Å². The molecule has 0 atom stereocenters. The van der Waals surface area contributed by atoms with Gasteiger partial charge in [-0.2, -0.15) is 0 Å². The van der Waals surface area contributed by atoms with Gasteiger partial charge in [0.15, 0.2) is 11.2 Å². The van der Waals surface area contributed by atoms with Crippen LogP contribution in [0.1, 0.15) is 50.3 Å². The standard InChI is InChI=1S/C18H13NO8.3Na/c1-2-3-7-14-8(9(16(21)22)5-11(19-14)17(23)24)4-10-12(20)6-13(18(25)26)27-15(7)10;;;/h4-6H,2-3H2,1H3,(H,21,22)(H,23,24)(H,25,26);;;/q;3*+1/p-3. The van der Waals surface area contributed by atoms with Gasteiger partial charge in [-0.25, -0.2) is 4.98 Å². The van der Waals surface area contributed by atoms with Crippen LogP contribution in [0.15, 0.2) is 27.4 Å². The summed E-state index contributed by atoms with van der Waals surface area (Å²) >= 11 is 0. The van der Waals surface area contributed by atoms with Crippen LogP contribution in [0, 0.1) is 0 Å². The van der Waals surface area contributed by atoms with Gasteiger partial charge >= 0.3 is 88.7 Å². The Kier molecular flexibility index (Phi) is 11.5. The Morgan fingerprint density at radius 2 is 1.57 bits per heavy atom. The first-order valence-electron chi connectivity index (χ1n) is 7.83. The SMILES string of the molecule is CCCc1c2nc(C(=O)[O-])cc(C(=O)[O-])c2cc2c(=O)cc(C(=O)[O-])oc12.[Na+].[Na+].[Na+]. The minimum Gasteiger partial charge on any atom is -0.545 e. The quantitative estimate of drug-likeness (QED) is 0.278. The zero-order valence-electron chi connectivity index (χ0n) is 16.9. The largest absolute Gasteiger partial charge is 1.00 e. The molecule has 3 rings (SSSR count). The first-order valence-corrected chi connectivity index (χ1v) is 7.83. The molecule has 12 heteroatoms. The summed E-state index contributed by atoms with van der Waals surface area (Å²) in [5, 5.41) is 33.7. The molecule has 9 nitrogen and oxygen atoms in total.